The summed E-state index contributed by atoms with van der Waals surface area (Å²) in [4.78, 5) is 26.4. The van der Waals surface area contributed by atoms with Gasteiger partial charge >= 0.3 is 0 Å². The molecule has 2 aromatic carbocycles. The third-order valence-electron chi connectivity index (χ3n) is 4.38. The first-order valence-corrected chi connectivity index (χ1v) is 8.26. The molecule has 120 valence electrons. The van der Waals surface area contributed by atoms with Crippen LogP contribution >= 0.6 is 0 Å². The van der Waals surface area contributed by atoms with Crippen LogP contribution in [-0.4, -0.2) is 24.9 Å². The van der Waals surface area contributed by atoms with Crippen molar-refractivity contribution in [2.75, 3.05) is 18.0 Å². The van der Waals surface area contributed by atoms with Gasteiger partial charge in [0.05, 0.1) is 11.6 Å². The lowest BCUT2D eigenvalue weighted by Gasteiger charge is -2.19. The molecule has 4 heteroatoms. The van der Waals surface area contributed by atoms with E-state index in [4.69, 9.17) is 0 Å². The second-order valence-electron chi connectivity index (χ2n) is 6.05. The zero-order chi connectivity index (χ0) is 16.2. The number of carbonyl (C=O) groups is 2. The molecule has 0 aromatic heterocycles. The number of nitrogens with zero attached hydrogens (tertiary/aromatic N) is 1. The average molecular weight is 310 g/mol. The molecule has 2 aromatic rings. The monoisotopic (exact) mass is 310 g/mol. The third-order valence-corrected chi connectivity index (χ3v) is 4.38. The van der Waals surface area contributed by atoms with Gasteiger partial charge in [0, 0.05) is 24.9 Å². The van der Waals surface area contributed by atoms with Crippen LogP contribution in [0.4, 0.5) is 5.69 Å². The Kier molecular flexibility index (Phi) is 4.60. The highest BCUT2D eigenvalue weighted by atomic mass is 16.2. The van der Waals surface area contributed by atoms with Crippen LogP contribution in [-0.2, 0) is 9.59 Å². The Balaban J connectivity index is 1.78. The zero-order valence-electron chi connectivity index (χ0n) is 13.4. The van der Waals surface area contributed by atoms with Gasteiger partial charge in [0.1, 0.15) is 0 Å². The predicted octanol–water partition coefficient (Wildman–Crippen LogP) is 3.11. The van der Waals surface area contributed by atoms with Crippen LogP contribution in [0.1, 0.15) is 26.2 Å². The van der Waals surface area contributed by atoms with E-state index in [0.29, 0.717) is 19.5 Å². The molecule has 1 heterocycles. The number of hydrogen-bond acceptors (Lipinski definition) is 2. The normalized spacial score (nSPS) is 17.7. The first kappa shape index (κ1) is 15.5. The molecule has 1 atom stereocenters. The lowest BCUT2D eigenvalue weighted by molar-refractivity contribution is -0.126. The fourth-order valence-corrected chi connectivity index (χ4v) is 3.09. The maximum Gasteiger partial charge on any atom is 0.227 e. The molecule has 1 aliphatic heterocycles. The van der Waals surface area contributed by atoms with Gasteiger partial charge in [-0.3, -0.25) is 9.59 Å². The molecule has 4 nitrogen and oxygen atoms in total. The van der Waals surface area contributed by atoms with Crippen LogP contribution in [0.2, 0.25) is 0 Å². The van der Waals surface area contributed by atoms with E-state index in [1.54, 1.807) is 4.90 Å². The molecular formula is C19H22N2O2. The highest BCUT2D eigenvalue weighted by molar-refractivity contribution is 6.06. The van der Waals surface area contributed by atoms with Gasteiger partial charge in [-0.05, 0) is 17.9 Å². The third kappa shape index (κ3) is 3.21. The van der Waals surface area contributed by atoms with Gasteiger partial charge in [-0.2, -0.15) is 0 Å². The summed E-state index contributed by atoms with van der Waals surface area (Å²) in [6, 6.07) is 14.0. The van der Waals surface area contributed by atoms with Gasteiger partial charge in [0.15, 0.2) is 0 Å². The van der Waals surface area contributed by atoms with Crippen LogP contribution in [0, 0.1) is 5.92 Å². The Morgan fingerprint density at radius 2 is 2.00 bits per heavy atom. The van der Waals surface area contributed by atoms with E-state index in [-0.39, 0.29) is 17.7 Å². The summed E-state index contributed by atoms with van der Waals surface area (Å²) >= 11 is 0. The van der Waals surface area contributed by atoms with E-state index in [2.05, 4.69) is 12.2 Å². The molecule has 0 saturated carbocycles. The summed E-state index contributed by atoms with van der Waals surface area (Å²) < 4.78 is 0. The summed E-state index contributed by atoms with van der Waals surface area (Å²) in [6.07, 6.45) is 2.31. The van der Waals surface area contributed by atoms with Crippen molar-refractivity contribution in [1.82, 2.24) is 5.32 Å². The van der Waals surface area contributed by atoms with Crippen molar-refractivity contribution in [2.45, 2.75) is 26.2 Å². The van der Waals surface area contributed by atoms with E-state index in [1.165, 1.54) is 0 Å². The maximum absolute atomic E-state index is 12.4. The summed E-state index contributed by atoms with van der Waals surface area (Å²) in [7, 11) is 0. The smallest absolute Gasteiger partial charge is 0.227 e. The molecule has 2 amide bonds. The van der Waals surface area contributed by atoms with Crippen LogP contribution in [0.5, 0.6) is 0 Å². The quantitative estimate of drug-likeness (QED) is 0.863. The minimum absolute atomic E-state index is 0.00506. The fourth-order valence-electron chi connectivity index (χ4n) is 3.09. The van der Waals surface area contributed by atoms with E-state index in [9.17, 15) is 9.59 Å². The van der Waals surface area contributed by atoms with Gasteiger partial charge in [-0.25, -0.2) is 0 Å². The zero-order valence-corrected chi connectivity index (χ0v) is 13.4. The van der Waals surface area contributed by atoms with Crippen molar-refractivity contribution in [3.63, 3.8) is 0 Å². The van der Waals surface area contributed by atoms with Crippen LogP contribution in [0.3, 0.4) is 0 Å². The SMILES string of the molecule is CCCCNC(=O)C1CC(=O)N(c2cccc3ccccc23)C1. The van der Waals surface area contributed by atoms with Crippen molar-refractivity contribution >= 4 is 28.3 Å². The predicted molar refractivity (Wildman–Crippen MR) is 92.3 cm³/mol. The number of rotatable bonds is 5. The Morgan fingerprint density at radius 3 is 2.83 bits per heavy atom. The highest BCUT2D eigenvalue weighted by Gasteiger charge is 2.35. The standard InChI is InChI=1S/C19H22N2O2/c1-2-3-11-20-19(23)15-12-18(22)21(13-15)17-10-6-8-14-7-4-5-9-16(14)17/h4-10,15H,2-3,11-13H2,1H3,(H,20,23). The van der Waals surface area contributed by atoms with Crippen molar-refractivity contribution in [3.8, 4) is 0 Å². The molecule has 3 rings (SSSR count). The topological polar surface area (TPSA) is 49.4 Å². The van der Waals surface area contributed by atoms with E-state index in [1.807, 2.05) is 42.5 Å². The number of benzene rings is 2. The minimum Gasteiger partial charge on any atom is -0.356 e. The van der Waals surface area contributed by atoms with Crippen LogP contribution in [0.25, 0.3) is 10.8 Å². The molecule has 1 aliphatic rings. The van der Waals surface area contributed by atoms with Gasteiger partial charge < -0.3 is 10.2 Å². The molecule has 0 spiro atoms. The first-order valence-electron chi connectivity index (χ1n) is 8.26. The molecule has 0 bridgehead atoms. The number of hydrogen-bond donors (Lipinski definition) is 1. The van der Waals surface area contributed by atoms with Crippen LogP contribution in [0.15, 0.2) is 42.5 Å². The minimum atomic E-state index is -0.252. The first-order chi connectivity index (χ1) is 11.2. The number of anilines is 1. The average Bonchev–Trinajstić information content (AvgIpc) is 2.96. The molecule has 23 heavy (non-hydrogen) atoms. The van der Waals surface area contributed by atoms with E-state index in [0.717, 1.165) is 29.3 Å². The van der Waals surface area contributed by atoms with E-state index >= 15 is 0 Å². The second kappa shape index (κ2) is 6.82. The molecular weight excluding hydrogens is 288 g/mol. The van der Waals surface area contributed by atoms with Gasteiger partial charge in [0.25, 0.3) is 0 Å². The summed E-state index contributed by atoms with van der Waals surface area (Å²) in [5, 5.41) is 5.09. The van der Waals surface area contributed by atoms with Crippen LogP contribution < -0.4 is 10.2 Å². The Labute approximate surface area is 136 Å². The second-order valence-corrected chi connectivity index (χ2v) is 6.05. The summed E-state index contributed by atoms with van der Waals surface area (Å²) in [6.45, 7) is 3.24. The van der Waals surface area contributed by atoms with Crippen molar-refractivity contribution in [3.05, 3.63) is 42.5 Å². The number of amides is 2. The van der Waals surface area contributed by atoms with E-state index < -0.39 is 0 Å². The number of fused-ring (bicyclic) bond motifs is 1. The lowest BCUT2D eigenvalue weighted by Crippen LogP contribution is -2.33. The molecule has 0 radical (unpaired) electrons. The van der Waals surface area contributed by atoms with Gasteiger partial charge in [0.2, 0.25) is 11.8 Å². The summed E-state index contributed by atoms with van der Waals surface area (Å²) in [5.41, 5.74) is 0.900. The molecule has 1 fully saturated rings. The molecule has 0 aliphatic carbocycles. The van der Waals surface area contributed by atoms with Gasteiger partial charge in [-0.15, -0.1) is 0 Å². The number of unbranched alkanes of at least 4 members (excludes halogenated alkanes) is 1. The number of nitrogens with one attached hydrogen (secondary N) is 1. The Morgan fingerprint density at radius 1 is 1.22 bits per heavy atom. The molecule has 1 N–H and O–H groups in total. The Hall–Kier alpha value is -2.36. The molecule has 1 unspecified atom stereocenters. The van der Waals surface area contributed by atoms with Gasteiger partial charge in [-0.1, -0.05) is 49.7 Å². The van der Waals surface area contributed by atoms with Crippen molar-refractivity contribution in [2.24, 2.45) is 5.92 Å². The lowest BCUT2D eigenvalue weighted by atomic mass is 10.1. The maximum atomic E-state index is 12.4. The fraction of sp³-hybridized carbons (Fsp3) is 0.368. The van der Waals surface area contributed by atoms with Crippen molar-refractivity contribution < 1.29 is 9.59 Å². The number of carbonyl (C=O) groups excluding carboxylic acids is 2. The Bertz CT molecular complexity index is 721. The summed E-state index contributed by atoms with van der Waals surface area (Å²) in [5.74, 6) is -0.232. The highest BCUT2D eigenvalue weighted by Crippen LogP contribution is 2.31. The molecule has 1 saturated heterocycles. The largest absolute Gasteiger partial charge is 0.356 e. The van der Waals surface area contributed by atoms with Crippen molar-refractivity contribution in [1.29, 1.82) is 0 Å².